The molecule has 2 heterocycles. The maximum atomic E-state index is 11.8. The third-order valence-electron chi connectivity index (χ3n) is 4.28. The zero-order chi connectivity index (χ0) is 20.5. The highest BCUT2D eigenvalue weighted by atomic mass is 16.5. The van der Waals surface area contributed by atoms with Gasteiger partial charge in [0.1, 0.15) is 17.2 Å². The maximum absolute atomic E-state index is 11.8. The summed E-state index contributed by atoms with van der Waals surface area (Å²) in [6.45, 7) is 7.29. The quantitative estimate of drug-likeness (QED) is 0.378. The number of carboxylic acid groups (broad SMARTS) is 1. The zero-order valence-electron chi connectivity index (χ0n) is 16.5. The Labute approximate surface area is 163 Å². The molecule has 0 amide bonds. The van der Waals surface area contributed by atoms with Gasteiger partial charge in [0.25, 0.3) is 6.47 Å². The summed E-state index contributed by atoms with van der Waals surface area (Å²) >= 11 is 0. The number of hydrogen-bond donors (Lipinski definition) is 1. The Morgan fingerprint density at radius 2 is 2.04 bits per heavy atom. The molecule has 0 aliphatic carbocycles. The minimum absolute atomic E-state index is 0.250. The molecule has 150 valence electrons. The Hall–Kier alpha value is -3.09. The first kappa shape index (κ1) is 21.2. The van der Waals surface area contributed by atoms with Crippen LogP contribution in [0, 0.1) is 13.8 Å². The average molecular weight is 386 g/mol. The van der Waals surface area contributed by atoms with Crippen LogP contribution in [0.1, 0.15) is 36.7 Å². The number of benzene rings is 1. The van der Waals surface area contributed by atoms with Gasteiger partial charge in [0.15, 0.2) is 0 Å². The van der Waals surface area contributed by atoms with Crippen LogP contribution in [0.4, 0.5) is 0 Å². The number of ether oxygens (including phenoxy) is 1. The van der Waals surface area contributed by atoms with E-state index in [0.29, 0.717) is 12.2 Å². The van der Waals surface area contributed by atoms with Crippen LogP contribution in [-0.4, -0.2) is 27.7 Å². The molecule has 3 aromatic rings. The predicted molar refractivity (Wildman–Crippen MR) is 107 cm³/mol. The zero-order valence-corrected chi connectivity index (χ0v) is 16.5. The number of imidazole rings is 1. The monoisotopic (exact) mass is 386 g/mol. The Balaban J connectivity index is 0.000000878. The second-order valence-corrected chi connectivity index (χ2v) is 6.45. The van der Waals surface area contributed by atoms with E-state index in [-0.39, 0.29) is 12.1 Å². The average Bonchev–Trinajstić information content (AvgIpc) is 3.03. The molecule has 0 bridgehead atoms. The molecule has 7 nitrogen and oxygen atoms in total. The normalized spacial score (nSPS) is 10.4. The summed E-state index contributed by atoms with van der Waals surface area (Å²) in [5.41, 5.74) is 2.32. The number of hydrogen-bond acceptors (Lipinski definition) is 5. The summed E-state index contributed by atoms with van der Waals surface area (Å²) in [6, 6.07) is 5.50. The fourth-order valence-electron chi connectivity index (χ4n) is 3.11. The molecular formula is C21H26N2O5. The van der Waals surface area contributed by atoms with Gasteiger partial charge in [0.05, 0.1) is 12.0 Å². The molecule has 0 saturated carbocycles. The van der Waals surface area contributed by atoms with Gasteiger partial charge in [-0.1, -0.05) is 13.3 Å². The number of aryl methyl sites for hydroxylation is 4. The first-order chi connectivity index (χ1) is 13.5. The van der Waals surface area contributed by atoms with E-state index in [2.05, 4.69) is 16.5 Å². The van der Waals surface area contributed by atoms with E-state index in [1.165, 1.54) is 0 Å². The largest absolute Gasteiger partial charge is 0.493 e. The fraction of sp³-hybridized carbons (Fsp3) is 0.381. The fourth-order valence-corrected chi connectivity index (χ4v) is 3.11. The number of aromatic nitrogens is 2. The summed E-state index contributed by atoms with van der Waals surface area (Å²) in [5.74, 6) is 1.80. The van der Waals surface area contributed by atoms with E-state index >= 15 is 0 Å². The first-order valence-corrected chi connectivity index (χ1v) is 9.25. The van der Waals surface area contributed by atoms with Gasteiger partial charge in [-0.25, -0.2) is 9.78 Å². The summed E-state index contributed by atoms with van der Waals surface area (Å²) in [4.78, 5) is 24.4. The van der Waals surface area contributed by atoms with Gasteiger partial charge in [-0.15, -0.1) is 0 Å². The van der Waals surface area contributed by atoms with Crippen molar-refractivity contribution in [1.29, 1.82) is 0 Å². The van der Waals surface area contributed by atoms with Crippen LogP contribution in [0.15, 0.2) is 39.8 Å². The molecule has 1 N–H and O–H groups in total. The van der Waals surface area contributed by atoms with Crippen molar-refractivity contribution in [2.24, 2.45) is 0 Å². The summed E-state index contributed by atoms with van der Waals surface area (Å²) in [6.07, 6.45) is 6.46. The Morgan fingerprint density at radius 1 is 1.29 bits per heavy atom. The molecule has 0 spiro atoms. The van der Waals surface area contributed by atoms with E-state index in [1.54, 1.807) is 6.07 Å². The van der Waals surface area contributed by atoms with E-state index in [1.807, 2.05) is 38.4 Å². The van der Waals surface area contributed by atoms with Gasteiger partial charge in [0, 0.05) is 25.0 Å². The van der Waals surface area contributed by atoms with Gasteiger partial charge in [-0.05, 0) is 49.9 Å². The topological polar surface area (TPSA) is 94.6 Å². The Bertz CT molecular complexity index is 975. The lowest BCUT2D eigenvalue weighted by molar-refractivity contribution is -0.122. The van der Waals surface area contributed by atoms with Gasteiger partial charge in [-0.3, -0.25) is 4.79 Å². The van der Waals surface area contributed by atoms with Crippen molar-refractivity contribution in [1.82, 2.24) is 9.55 Å². The highest BCUT2D eigenvalue weighted by molar-refractivity contribution is 5.87. The van der Waals surface area contributed by atoms with Crippen LogP contribution >= 0.6 is 0 Å². The van der Waals surface area contributed by atoms with Gasteiger partial charge >= 0.3 is 5.63 Å². The molecular weight excluding hydrogens is 360 g/mol. The lowest BCUT2D eigenvalue weighted by atomic mass is 10.0. The Morgan fingerprint density at radius 3 is 2.68 bits per heavy atom. The van der Waals surface area contributed by atoms with Crippen molar-refractivity contribution < 1.29 is 19.1 Å². The van der Waals surface area contributed by atoms with Crippen LogP contribution in [0.5, 0.6) is 5.75 Å². The number of carbonyl (C=O) groups is 1. The molecule has 7 heteroatoms. The van der Waals surface area contributed by atoms with Crippen LogP contribution < -0.4 is 10.4 Å². The first-order valence-electron chi connectivity index (χ1n) is 9.25. The van der Waals surface area contributed by atoms with Gasteiger partial charge in [-0.2, -0.15) is 0 Å². The minimum Gasteiger partial charge on any atom is -0.493 e. The van der Waals surface area contributed by atoms with Crippen molar-refractivity contribution in [3.05, 3.63) is 58.0 Å². The van der Waals surface area contributed by atoms with Gasteiger partial charge in [0.2, 0.25) is 0 Å². The molecule has 28 heavy (non-hydrogen) atoms. The summed E-state index contributed by atoms with van der Waals surface area (Å²) < 4.78 is 13.6. The van der Waals surface area contributed by atoms with E-state index in [0.717, 1.165) is 53.9 Å². The molecule has 0 radical (unpaired) electrons. The van der Waals surface area contributed by atoms with Crippen LogP contribution in [0.25, 0.3) is 11.0 Å². The predicted octanol–water partition coefficient (Wildman–Crippen LogP) is 3.73. The van der Waals surface area contributed by atoms with Crippen molar-refractivity contribution in [2.75, 3.05) is 6.61 Å². The third kappa shape index (κ3) is 5.45. The molecule has 0 fully saturated rings. The van der Waals surface area contributed by atoms with Crippen molar-refractivity contribution in [3.63, 3.8) is 0 Å². The number of nitrogens with zero attached hydrogens (tertiary/aromatic N) is 2. The summed E-state index contributed by atoms with van der Waals surface area (Å²) in [7, 11) is 0. The molecule has 3 rings (SSSR count). The van der Waals surface area contributed by atoms with E-state index in [4.69, 9.17) is 19.1 Å². The van der Waals surface area contributed by atoms with Crippen LogP contribution in [0.2, 0.25) is 0 Å². The molecule has 0 unspecified atom stereocenters. The SMILES string of the molecule is CCCc1cc(=O)oc2cc(C)cc(OCCCn3ccnc3C)c12.O=CO. The van der Waals surface area contributed by atoms with E-state index in [9.17, 15) is 4.79 Å². The molecule has 0 atom stereocenters. The molecule has 0 aliphatic rings. The summed E-state index contributed by atoms with van der Waals surface area (Å²) in [5, 5.41) is 7.81. The minimum atomic E-state index is -0.303. The van der Waals surface area contributed by atoms with Gasteiger partial charge < -0.3 is 18.8 Å². The highest BCUT2D eigenvalue weighted by Gasteiger charge is 2.12. The smallest absolute Gasteiger partial charge is 0.336 e. The van der Waals surface area contributed by atoms with Crippen molar-refractivity contribution >= 4 is 17.4 Å². The standard InChI is InChI=1S/C20H24N2O3.CH2O2/c1-4-6-16-13-19(23)25-18-12-14(2)11-17(20(16)18)24-10-5-8-22-9-7-21-15(22)3;2-1-3/h7,9,11-13H,4-6,8,10H2,1-3H3;1H,(H,2,3). The maximum Gasteiger partial charge on any atom is 0.336 e. The molecule has 1 aromatic carbocycles. The van der Waals surface area contributed by atoms with Crippen molar-refractivity contribution in [2.45, 2.75) is 46.6 Å². The number of rotatable bonds is 7. The molecule has 0 aliphatic heterocycles. The Kier molecular flexibility index (Phi) is 7.80. The van der Waals surface area contributed by atoms with Crippen LogP contribution in [-0.2, 0) is 17.8 Å². The molecule has 2 aromatic heterocycles. The second-order valence-electron chi connectivity index (χ2n) is 6.45. The third-order valence-corrected chi connectivity index (χ3v) is 4.28. The highest BCUT2D eigenvalue weighted by Crippen LogP contribution is 2.30. The second kappa shape index (κ2) is 10.3. The molecule has 0 saturated heterocycles. The van der Waals surface area contributed by atoms with Crippen LogP contribution in [0.3, 0.4) is 0 Å². The number of fused-ring (bicyclic) bond motifs is 1. The van der Waals surface area contributed by atoms with Crippen molar-refractivity contribution in [3.8, 4) is 5.75 Å². The van der Waals surface area contributed by atoms with E-state index < -0.39 is 0 Å². The lowest BCUT2D eigenvalue weighted by Crippen LogP contribution is -2.07. The lowest BCUT2D eigenvalue weighted by Gasteiger charge is -2.13.